The van der Waals surface area contributed by atoms with Crippen LogP contribution in [0.1, 0.15) is 62.1 Å². The Bertz CT molecular complexity index is 570. The molecule has 0 aliphatic heterocycles. The van der Waals surface area contributed by atoms with Gasteiger partial charge in [0.1, 0.15) is 0 Å². The second-order valence-corrected chi connectivity index (χ2v) is 7.33. The first-order valence-electron chi connectivity index (χ1n) is 9.63. The Morgan fingerprint density at radius 2 is 1.92 bits per heavy atom. The Labute approximate surface area is 150 Å². The number of carbonyl (C=O) groups is 1. The fraction of sp³-hybridized carbons (Fsp3) is 0.650. The first-order chi connectivity index (χ1) is 12.2. The third-order valence-electron chi connectivity index (χ3n) is 5.56. The van der Waals surface area contributed by atoms with E-state index in [-0.39, 0.29) is 30.8 Å². The number of carbonyl (C=O) groups excluding carboxylic acids is 1. The zero-order chi connectivity index (χ0) is 17.6. The van der Waals surface area contributed by atoms with E-state index in [0.29, 0.717) is 13.0 Å². The fourth-order valence-electron chi connectivity index (χ4n) is 4.17. The number of hydrogen-bond acceptors (Lipinski definition) is 3. The van der Waals surface area contributed by atoms with Gasteiger partial charge in [0.15, 0.2) is 0 Å². The van der Waals surface area contributed by atoms with Crippen molar-refractivity contribution in [2.24, 2.45) is 0 Å². The molecule has 25 heavy (non-hydrogen) atoms. The number of hydrogen-bond donors (Lipinski definition) is 3. The molecule has 1 unspecified atom stereocenters. The molecule has 3 N–H and O–H groups in total. The molecule has 2 amide bonds. The van der Waals surface area contributed by atoms with Gasteiger partial charge in [-0.05, 0) is 62.5 Å². The largest absolute Gasteiger partial charge is 0.396 e. The van der Waals surface area contributed by atoms with Gasteiger partial charge in [-0.3, -0.25) is 0 Å². The predicted molar refractivity (Wildman–Crippen MR) is 97.3 cm³/mol. The maximum absolute atomic E-state index is 13.0. The van der Waals surface area contributed by atoms with Gasteiger partial charge in [-0.2, -0.15) is 0 Å². The van der Waals surface area contributed by atoms with E-state index in [4.69, 9.17) is 0 Å². The molecule has 0 heterocycles. The van der Waals surface area contributed by atoms with Gasteiger partial charge in [0.2, 0.25) is 0 Å². The first kappa shape index (κ1) is 18.2. The summed E-state index contributed by atoms with van der Waals surface area (Å²) in [5, 5.41) is 22.1. The minimum Gasteiger partial charge on any atom is -0.396 e. The summed E-state index contributed by atoms with van der Waals surface area (Å²) < 4.78 is 0. The molecule has 1 atom stereocenters. The molecule has 5 heteroatoms. The fourth-order valence-corrected chi connectivity index (χ4v) is 4.17. The normalized spacial score (nSPS) is 25.9. The van der Waals surface area contributed by atoms with E-state index in [2.05, 4.69) is 23.5 Å². The predicted octanol–water partition coefficient (Wildman–Crippen LogP) is 2.76. The lowest BCUT2D eigenvalue weighted by atomic mass is 9.86. The molecule has 2 aliphatic rings. The Kier molecular flexibility index (Phi) is 6.32. The van der Waals surface area contributed by atoms with Crippen molar-refractivity contribution in [3.8, 4) is 0 Å². The van der Waals surface area contributed by atoms with Crippen molar-refractivity contribution in [3.05, 3.63) is 35.4 Å². The number of fused-ring (bicyclic) bond motifs is 1. The van der Waals surface area contributed by atoms with Crippen LogP contribution in [0.4, 0.5) is 4.79 Å². The third kappa shape index (κ3) is 4.53. The van der Waals surface area contributed by atoms with Gasteiger partial charge in [0.05, 0.1) is 12.1 Å². The number of nitrogens with zero attached hydrogens (tertiary/aromatic N) is 1. The molecule has 0 aromatic heterocycles. The van der Waals surface area contributed by atoms with Gasteiger partial charge >= 0.3 is 6.03 Å². The zero-order valence-electron chi connectivity index (χ0n) is 14.9. The average Bonchev–Trinajstić information content (AvgIpc) is 2.64. The van der Waals surface area contributed by atoms with Crippen LogP contribution in [0.3, 0.4) is 0 Å². The molecule has 1 fully saturated rings. The summed E-state index contributed by atoms with van der Waals surface area (Å²) in [4.78, 5) is 14.9. The minimum absolute atomic E-state index is 0.0310. The number of amides is 2. The van der Waals surface area contributed by atoms with Crippen molar-refractivity contribution in [1.29, 1.82) is 0 Å². The van der Waals surface area contributed by atoms with Crippen LogP contribution in [0.2, 0.25) is 0 Å². The maximum atomic E-state index is 13.0. The van der Waals surface area contributed by atoms with E-state index >= 15 is 0 Å². The highest BCUT2D eigenvalue weighted by Gasteiger charge is 2.30. The average molecular weight is 346 g/mol. The van der Waals surface area contributed by atoms with Crippen LogP contribution in [0.5, 0.6) is 0 Å². The van der Waals surface area contributed by atoms with Crippen LogP contribution < -0.4 is 5.32 Å². The number of nitrogens with one attached hydrogen (secondary N) is 1. The monoisotopic (exact) mass is 346 g/mol. The van der Waals surface area contributed by atoms with Crippen LogP contribution in [0.25, 0.3) is 0 Å². The molecule has 3 rings (SSSR count). The van der Waals surface area contributed by atoms with Crippen LogP contribution in [-0.2, 0) is 6.42 Å². The van der Waals surface area contributed by atoms with E-state index in [1.807, 2.05) is 11.0 Å². The molecular formula is C20H30N2O3. The summed E-state index contributed by atoms with van der Waals surface area (Å²) in [7, 11) is 0. The van der Waals surface area contributed by atoms with Gasteiger partial charge in [0.25, 0.3) is 0 Å². The van der Waals surface area contributed by atoms with Crippen LogP contribution in [-0.4, -0.2) is 46.4 Å². The van der Waals surface area contributed by atoms with Crippen molar-refractivity contribution < 1.29 is 15.0 Å². The van der Waals surface area contributed by atoms with Gasteiger partial charge < -0.3 is 20.4 Å². The van der Waals surface area contributed by atoms with Crippen molar-refractivity contribution in [2.75, 3.05) is 13.2 Å². The van der Waals surface area contributed by atoms with Gasteiger partial charge in [-0.1, -0.05) is 24.3 Å². The van der Waals surface area contributed by atoms with Gasteiger partial charge in [-0.25, -0.2) is 4.79 Å². The first-order valence-corrected chi connectivity index (χ1v) is 9.63. The molecule has 2 aliphatic carbocycles. The Balaban J connectivity index is 1.72. The van der Waals surface area contributed by atoms with Crippen molar-refractivity contribution in [1.82, 2.24) is 10.2 Å². The highest BCUT2D eigenvalue weighted by molar-refractivity contribution is 5.75. The highest BCUT2D eigenvalue weighted by Crippen LogP contribution is 2.34. The van der Waals surface area contributed by atoms with Crippen LogP contribution in [0, 0.1) is 0 Å². The molecule has 1 aromatic carbocycles. The number of benzene rings is 1. The van der Waals surface area contributed by atoms with E-state index < -0.39 is 0 Å². The Morgan fingerprint density at radius 1 is 1.16 bits per heavy atom. The zero-order valence-corrected chi connectivity index (χ0v) is 14.9. The quantitative estimate of drug-likeness (QED) is 0.767. The van der Waals surface area contributed by atoms with Crippen molar-refractivity contribution >= 4 is 6.03 Å². The smallest absolute Gasteiger partial charge is 0.318 e. The van der Waals surface area contributed by atoms with Crippen LogP contribution in [0.15, 0.2) is 24.3 Å². The lowest BCUT2D eigenvalue weighted by Crippen LogP contribution is -2.48. The maximum Gasteiger partial charge on any atom is 0.318 e. The van der Waals surface area contributed by atoms with Gasteiger partial charge in [-0.15, -0.1) is 0 Å². The Hall–Kier alpha value is -1.59. The molecule has 1 saturated carbocycles. The van der Waals surface area contributed by atoms with E-state index in [9.17, 15) is 15.0 Å². The standard InChI is InChI=1S/C20H30N2O3/c23-14-4-13-22(20(25)21-16-9-11-17(24)12-10-16)19-8-3-6-15-5-1-2-7-18(15)19/h1-2,5,7,16-17,19,23-24H,3-4,6,8-14H2,(H,21,25). The molecule has 0 bridgehead atoms. The molecule has 138 valence electrons. The summed E-state index contributed by atoms with van der Waals surface area (Å²) in [5.74, 6) is 0. The number of aliphatic hydroxyl groups is 2. The third-order valence-corrected chi connectivity index (χ3v) is 5.56. The highest BCUT2D eigenvalue weighted by atomic mass is 16.3. The number of rotatable bonds is 5. The minimum atomic E-state index is -0.219. The topological polar surface area (TPSA) is 72.8 Å². The molecular weight excluding hydrogens is 316 g/mol. The number of aliphatic hydroxyl groups excluding tert-OH is 2. The molecule has 0 saturated heterocycles. The molecule has 1 aromatic rings. The van der Waals surface area contributed by atoms with E-state index in [0.717, 1.165) is 44.9 Å². The number of aryl methyl sites for hydroxylation is 1. The Morgan fingerprint density at radius 3 is 2.68 bits per heavy atom. The summed E-state index contributed by atoms with van der Waals surface area (Å²) in [6.45, 7) is 0.657. The van der Waals surface area contributed by atoms with E-state index in [1.165, 1.54) is 11.1 Å². The molecule has 0 spiro atoms. The SMILES string of the molecule is O=C(NC1CCC(O)CC1)N(CCCO)C1CCCc2ccccc21. The molecule has 0 radical (unpaired) electrons. The summed E-state index contributed by atoms with van der Waals surface area (Å²) in [6, 6.07) is 8.60. The summed E-state index contributed by atoms with van der Waals surface area (Å²) >= 11 is 0. The summed E-state index contributed by atoms with van der Waals surface area (Å²) in [5.41, 5.74) is 2.59. The lowest BCUT2D eigenvalue weighted by Gasteiger charge is -2.37. The van der Waals surface area contributed by atoms with Crippen LogP contribution >= 0.6 is 0 Å². The van der Waals surface area contributed by atoms with Crippen molar-refractivity contribution in [3.63, 3.8) is 0 Å². The lowest BCUT2D eigenvalue weighted by molar-refractivity contribution is 0.111. The second-order valence-electron chi connectivity index (χ2n) is 7.33. The second kappa shape index (κ2) is 8.68. The van der Waals surface area contributed by atoms with E-state index in [1.54, 1.807) is 0 Å². The number of urea groups is 1. The van der Waals surface area contributed by atoms with Crippen molar-refractivity contribution in [2.45, 2.75) is 69.6 Å². The van der Waals surface area contributed by atoms with Gasteiger partial charge in [0, 0.05) is 19.2 Å². The molecule has 5 nitrogen and oxygen atoms in total. The summed E-state index contributed by atoms with van der Waals surface area (Å²) in [6.07, 6.45) is 6.69.